The van der Waals surface area contributed by atoms with E-state index in [2.05, 4.69) is 10.6 Å². The lowest BCUT2D eigenvalue weighted by atomic mass is 10.0. The van der Waals surface area contributed by atoms with Gasteiger partial charge in [-0.25, -0.2) is 4.79 Å². The van der Waals surface area contributed by atoms with Crippen LogP contribution in [-0.2, 0) is 14.2 Å². The van der Waals surface area contributed by atoms with Crippen LogP contribution < -0.4 is 10.6 Å². The molecular formula is C11H20N2O4. The molecule has 2 fully saturated rings. The Morgan fingerprint density at radius 1 is 1.47 bits per heavy atom. The van der Waals surface area contributed by atoms with Gasteiger partial charge in [0, 0.05) is 26.7 Å². The Bertz CT molecular complexity index is 260. The Kier molecular flexibility index (Phi) is 4.20. The van der Waals surface area contributed by atoms with Crippen LogP contribution in [0.5, 0.6) is 0 Å². The fourth-order valence-corrected chi connectivity index (χ4v) is 2.09. The van der Waals surface area contributed by atoms with Crippen molar-refractivity contribution in [3.8, 4) is 0 Å². The fraction of sp³-hybridized carbons (Fsp3) is 0.909. The Labute approximate surface area is 101 Å². The van der Waals surface area contributed by atoms with Gasteiger partial charge in [0.1, 0.15) is 5.60 Å². The molecule has 0 aliphatic carbocycles. The molecular weight excluding hydrogens is 224 g/mol. The van der Waals surface area contributed by atoms with Crippen LogP contribution in [0.25, 0.3) is 0 Å². The summed E-state index contributed by atoms with van der Waals surface area (Å²) in [6, 6.07) is -0.0304. The highest BCUT2D eigenvalue weighted by atomic mass is 16.5. The molecule has 2 aliphatic rings. The van der Waals surface area contributed by atoms with Gasteiger partial charge in [0.05, 0.1) is 25.8 Å². The number of amides is 2. The fourth-order valence-electron chi connectivity index (χ4n) is 2.09. The summed E-state index contributed by atoms with van der Waals surface area (Å²) >= 11 is 0. The van der Waals surface area contributed by atoms with E-state index in [1.165, 1.54) is 0 Å². The monoisotopic (exact) mass is 244 g/mol. The zero-order valence-electron chi connectivity index (χ0n) is 10.2. The van der Waals surface area contributed by atoms with Crippen molar-refractivity contribution in [3.05, 3.63) is 0 Å². The van der Waals surface area contributed by atoms with E-state index in [9.17, 15) is 4.79 Å². The van der Waals surface area contributed by atoms with E-state index in [0.717, 1.165) is 19.4 Å². The second-order valence-corrected chi connectivity index (χ2v) is 4.58. The van der Waals surface area contributed by atoms with Crippen LogP contribution >= 0.6 is 0 Å². The Balaban J connectivity index is 1.71. The summed E-state index contributed by atoms with van der Waals surface area (Å²) in [5.74, 6) is 0. The highest BCUT2D eigenvalue weighted by Gasteiger charge is 2.35. The SMILES string of the molecule is COC1(CNC(=O)NC2CCOC2)CCOC1. The van der Waals surface area contributed by atoms with Crippen LogP contribution in [-0.4, -0.2) is 57.8 Å². The number of ether oxygens (including phenoxy) is 3. The minimum atomic E-state index is -0.358. The predicted molar refractivity (Wildman–Crippen MR) is 60.9 cm³/mol. The van der Waals surface area contributed by atoms with Gasteiger partial charge in [0.25, 0.3) is 0 Å². The maximum atomic E-state index is 11.6. The third-order valence-electron chi connectivity index (χ3n) is 3.34. The summed E-state index contributed by atoms with van der Waals surface area (Å²) in [4.78, 5) is 11.6. The number of carbonyl (C=O) groups is 1. The molecule has 2 heterocycles. The molecule has 0 radical (unpaired) electrons. The van der Waals surface area contributed by atoms with Crippen LogP contribution in [0.15, 0.2) is 0 Å². The highest BCUT2D eigenvalue weighted by molar-refractivity contribution is 5.74. The van der Waals surface area contributed by atoms with Crippen LogP contribution in [0.2, 0.25) is 0 Å². The number of urea groups is 1. The van der Waals surface area contributed by atoms with Crippen LogP contribution in [0.3, 0.4) is 0 Å². The van der Waals surface area contributed by atoms with E-state index in [1.807, 2.05) is 0 Å². The zero-order chi connectivity index (χ0) is 12.1. The summed E-state index contributed by atoms with van der Waals surface area (Å²) in [7, 11) is 1.65. The molecule has 0 spiro atoms. The number of methoxy groups -OCH3 is 1. The molecule has 6 heteroatoms. The van der Waals surface area contributed by atoms with E-state index in [-0.39, 0.29) is 17.7 Å². The summed E-state index contributed by atoms with van der Waals surface area (Å²) in [6.45, 7) is 3.03. The van der Waals surface area contributed by atoms with Gasteiger partial charge in [-0.1, -0.05) is 0 Å². The van der Waals surface area contributed by atoms with Crippen LogP contribution in [0, 0.1) is 0 Å². The summed E-state index contributed by atoms with van der Waals surface area (Å²) in [5.41, 5.74) is -0.358. The molecule has 0 aromatic rings. The van der Waals surface area contributed by atoms with Gasteiger partial charge in [-0.2, -0.15) is 0 Å². The first-order valence-corrected chi connectivity index (χ1v) is 5.99. The van der Waals surface area contributed by atoms with Crippen molar-refractivity contribution in [2.75, 3.05) is 40.1 Å². The normalized spacial score (nSPS) is 32.6. The number of carbonyl (C=O) groups excluding carboxylic acids is 1. The van der Waals surface area contributed by atoms with E-state index in [4.69, 9.17) is 14.2 Å². The minimum Gasteiger partial charge on any atom is -0.379 e. The summed E-state index contributed by atoms with van der Waals surface area (Å²) in [5, 5.41) is 5.71. The zero-order valence-corrected chi connectivity index (χ0v) is 10.2. The number of hydrogen-bond donors (Lipinski definition) is 2. The van der Waals surface area contributed by atoms with Gasteiger partial charge in [0.2, 0.25) is 0 Å². The van der Waals surface area contributed by atoms with Crippen molar-refractivity contribution in [2.24, 2.45) is 0 Å². The minimum absolute atomic E-state index is 0.133. The van der Waals surface area contributed by atoms with Crippen molar-refractivity contribution in [1.82, 2.24) is 10.6 Å². The lowest BCUT2D eigenvalue weighted by molar-refractivity contribution is -0.0138. The Morgan fingerprint density at radius 2 is 2.35 bits per heavy atom. The summed E-state index contributed by atoms with van der Waals surface area (Å²) < 4.78 is 15.9. The second kappa shape index (κ2) is 5.66. The first-order valence-electron chi connectivity index (χ1n) is 5.99. The summed E-state index contributed by atoms with van der Waals surface area (Å²) in [6.07, 6.45) is 1.70. The molecule has 0 bridgehead atoms. The molecule has 98 valence electrons. The average Bonchev–Trinajstić information content (AvgIpc) is 2.98. The molecule has 0 aromatic heterocycles. The first kappa shape index (κ1) is 12.6. The van der Waals surface area contributed by atoms with Crippen molar-refractivity contribution < 1.29 is 19.0 Å². The second-order valence-electron chi connectivity index (χ2n) is 4.58. The van der Waals surface area contributed by atoms with E-state index < -0.39 is 0 Å². The van der Waals surface area contributed by atoms with Gasteiger partial charge in [-0.15, -0.1) is 0 Å². The average molecular weight is 244 g/mol. The van der Waals surface area contributed by atoms with Crippen molar-refractivity contribution >= 4 is 6.03 Å². The topological polar surface area (TPSA) is 68.8 Å². The van der Waals surface area contributed by atoms with Gasteiger partial charge in [-0.3, -0.25) is 0 Å². The lowest BCUT2D eigenvalue weighted by Gasteiger charge is -2.26. The number of hydrogen-bond acceptors (Lipinski definition) is 4. The third kappa shape index (κ3) is 3.31. The van der Waals surface area contributed by atoms with Crippen molar-refractivity contribution in [2.45, 2.75) is 24.5 Å². The molecule has 2 N–H and O–H groups in total. The maximum absolute atomic E-state index is 11.6. The van der Waals surface area contributed by atoms with E-state index in [0.29, 0.717) is 26.4 Å². The molecule has 2 amide bonds. The van der Waals surface area contributed by atoms with Crippen LogP contribution in [0.1, 0.15) is 12.8 Å². The number of rotatable bonds is 4. The standard InChI is InChI=1S/C11H20N2O4/c1-15-11(3-5-17-8-11)7-12-10(14)13-9-2-4-16-6-9/h9H,2-8H2,1H3,(H2,12,13,14). The molecule has 2 atom stereocenters. The smallest absolute Gasteiger partial charge is 0.315 e. The molecule has 2 rings (SSSR count). The Hall–Kier alpha value is -0.850. The molecule has 2 saturated heterocycles. The maximum Gasteiger partial charge on any atom is 0.315 e. The van der Waals surface area contributed by atoms with Crippen molar-refractivity contribution in [3.63, 3.8) is 0 Å². The predicted octanol–water partition coefficient (Wildman–Crippen LogP) is -0.120. The molecule has 2 aliphatic heterocycles. The lowest BCUT2D eigenvalue weighted by Crippen LogP contribution is -2.50. The molecule has 2 unspecified atom stereocenters. The van der Waals surface area contributed by atoms with Crippen LogP contribution in [0.4, 0.5) is 4.79 Å². The third-order valence-corrected chi connectivity index (χ3v) is 3.34. The van der Waals surface area contributed by atoms with Gasteiger partial charge >= 0.3 is 6.03 Å². The van der Waals surface area contributed by atoms with Gasteiger partial charge in [0.15, 0.2) is 0 Å². The largest absolute Gasteiger partial charge is 0.379 e. The van der Waals surface area contributed by atoms with E-state index in [1.54, 1.807) is 7.11 Å². The highest BCUT2D eigenvalue weighted by Crippen LogP contribution is 2.21. The Morgan fingerprint density at radius 3 is 2.94 bits per heavy atom. The number of nitrogens with one attached hydrogen (secondary N) is 2. The van der Waals surface area contributed by atoms with Gasteiger partial charge < -0.3 is 24.8 Å². The molecule has 0 saturated carbocycles. The quantitative estimate of drug-likeness (QED) is 0.723. The van der Waals surface area contributed by atoms with Gasteiger partial charge in [-0.05, 0) is 6.42 Å². The van der Waals surface area contributed by atoms with E-state index >= 15 is 0 Å². The molecule has 6 nitrogen and oxygen atoms in total. The molecule has 0 aromatic carbocycles. The first-order chi connectivity index (χ1) is 8.24. The molecule has 17 heavy (non-hydrogen) atoms. The van der Waals surface area contributed by atoms with Crippen molar-refractivity contribution in [1.29, 1.82) is 0 Å².